The standard InChI is InChI=1S/C16H30N2O2/c1-6-7-8-18-14(10-12(4)5)15(19)17-13(16(18)20)9-11(2)3/h11-14H,6-10H2,1-5H3,(H,17,19). The maximum absolute atomic E-state index is 12.6. The van der Waals surface area contributed by atoms with Gasteiger partial charge in [0, 0.05) is 6.54 Å². The van der Waals surface area contributed by atoms with Crippen LogP contribution in [0.25, 0.3) is 0 Å². The van der Waals surface area contributed by atoms with E-state index < -0.39 is 0 Å². The normalized spacial score (nSPS) is 23.6. The maximum atomic E-state index is 12.6. The summed E-state index contributed by atoms with van der Waals surface area (Å²) < 4.78 is 0. The van der Waals surface area contributed by atoms with Crippen molar-refractivity contribution in [3.05, 3.63) is 0 Å². The third-order valence-corrected chi connectivity index (χ3v) is 3.73. The Labute approximate surface area is 123 Å². The van der Waals surface area contributed by atoms with E-state index in [1.165, 1.54) is 0 Å². The Morgan fingerprint density at radius 2 is 1.70 bits per heavy atom. The predicted octanol–water partition coefficient (Wildman–Crippen LogP) is 2.57. The molecule has 0 bridgehead atoms. The first kappa shape index (κ1) is 17.0. The quantitative estimate of drug-likeness (QED) is 0.780. The van der Waals surface area contributed by atoms with Gasteiger partial charge in [-0.2, -0.15) is 0 Å². The zero-order chi connectivity index (χ0) is 15.3. The first-order valence-electron chi connectivity index (χ1n) is 7.97. The second-order valence-electron chi connectivity index (χ2n) is 6.72. The first-order valence-corrected chi connectivity index (χ1v) is 7.97. The molecule has 0 aromatic carbocycles. The van der Waals surface area contributed by atoms with Crippen molar-refractivity contribution in [3.63, 3.8) is 0 Å². The van der Waals surface area contributed by atoms with E-state index in [4.69, 9.17) is 0 Å². The lowest BCUT2D eigenvalue weighted by Crippen LogP contribution is -2.63. The Morgan fingerprint density at radius 1 is 1.10 bits per heavy atom. The SMILES string of the molecule is CCCCN1C(=O)C(CC(C)C)NC(=O)C1CC(C)C. The van der Waals surface area contributed by atoms with Gasteiger partial charge in [0.25, 0.3) is 0 Å². The van der Waals surface area contributed by atoms with Crippen LogP contribution >= 0.6 is 0 Å². The summed E-state index contributed by atoms with van der Waals surface area (Å²) in [5.41, 5.74) is 0. The molecule has 2 atom stereocenters. The van der Waals surface area contributed by atoms with Crippen LogP contribution < -0.4 is 5.32 Å². The smallest absolute Gasteiger partial charge is 0.245 e. The van der Waals surface area contributed by atoms with Crippen LogP contribution in [-0.2, 0) is 9.59 Å². The van der Waals surface area contributed by atoms with E-state index in [0.29, 0.717) is 18.4 Å². The largest absolute Gasteiger partial charge is 0.342 e. The van der Waals surface area contributed by atoms with Gasteiger partial charge in [-0.25, -0.2) is 0 Å². The van der Waals surface area contributed by atoms with E-state index >= 15 is 0 Å². The summed E-state index contributed by atoms with van der Waals surface area (Å²) in [4.78, 5) is 26.8. The minimum Gasteiger partial charge on any atom is -0.342 e. The van der Waals surface area contributed by atoms with Crippen LogP contribution in [0.2, 0.25) is 0 Å². The van der Waals surface area contributed by atoms with Crippen molar-refractivity contribution in [3.8, 4) is 0 Å². The molecule has 1 aliphatic rings. The molecule has 1 fully saturated rings. The second-order valence-corrected chi connectivity index (χ2v) is 6.72. The minimum absolute atomic E-state index is 0.0278. The van der Waals surface area contributed by atoms with E-state index in [1.807, 2.05) is 4.90 Å². The van der Waals surface area contributed by atoms with Crippen molar-refractivity contribution in [2.45, 2.75) is 72.4 Å². The fraction of sp³-hybridized carbons (Fsp3) is 0.875. The number of amides is 2. The molecule has 1 saturated heterocycles. The van der Waals surface area contributed by atoms with Crippen LogP contribution in [0.1, 0.15) is 60.3 Å². The zero-order valence-corrected chi connectivity index (χ0v) is 13.6. The average Bonchev–Trinajstić information content (AvgIpc) is 2.34. The molecule has 4 nitrogen and oxygen atoms in total. The number of hydrogen-bond donors (Lipinski definition) is 1. The van der Waals surface area contributed by atoms with Crippen LogP contribution in [-0.4, -0.2) is 35.3 Å². The Bertz CT molecular complexity index is 339. The Balaban J connectivity index is 2.85. The number of hydrogen-bond acceptors (Lipinski definition) is 2. The number of nitrogens with one attached hydrogen (secondary N) is 1. The molecule has 1 aliphatic heterocycles. The molecular weight excluding hydrogens is 252 g/mol. The first-order chi connectivity index (χ1) is 9.36. The van der Waals surface area contributed by atoms with Gasteiger partial charge in [0.15, 0.2) is 0 Å². The molecule has 0 aliphatic carbocycles. The summed E-state index contributed by atoms with van der Waals surface area (Å²) in [5, 5.41) is 2.93. The predicted molar refractivity (Wildman–Crippen MR) is 81.2 cm³/mol. The minimum atomic E-state index is -0.331. The van der Waals surface area contributed by atoms with Gasteiger partial charge in [-0.1, -0.05) is 41.0 Å². The topological polar surface area (TPSA) is 49.4 Å². The molecule has 0 aromatic rings. The average molecular weight is 282 g/mol. The van der Waals surface area contributed by atoms with Crippen LogP contribution in [0.15, 0.2) is 0 Å². The molecule has 1 heterocycles. The molecule has 2 amide bonds. The third-order valence-electron chi connectivity index (χ3n) is 3.73. The maximum Gasteiger partial charge on any atom is 0.245 e. The summed E-state index contributed by atoms with van der Waals surface area (Å²) in [5.74, 6) is 0.945. The highest BCUT2D eigenvalue weighted by Crippen LogP contribution is 2.21. The highest BCUT2D eigenvalue weighted by atomic mass is 16.2. The number of carbonyl (C=O) groups is 2. The van der Waals surface area contributed by atoms with Crippen molar-refractivity contribution >= 4 is 11.8 Å². The van der Waals surface area contributed by atoms with Gasteiger partial charge in [0.2, 0.25) is 11.8 Å². The van der Waals surface area contributed by atoms with Crippen LogP contribution in [0.4, 0.5) is 0 Å². The number of rotatable bonds is 7. The molecule has 20 heavy (non-hydrogen) atoms. The lowest BCUT2D eigenvalue weighted by atomic mass is 9.94. The van der Waals surface area contributed by atoms with Gasteiger partial charge in [0.1, 0.15) is 12.1 Å². The number of nitrogens with zero attached hydrogens (tertiary/aromatic N) is 1. The van der Waals surface area contributed by atoms with E-state index in [9.17, 15) is 9.59 Å². The van der Waals surface area contributed by atoms with Crippen molar-refractivity contribution in [2.24, 2.45) is 11.8 Å². The van der Waals surface area contributed by atoms with Gasteiger partial charge in [0.05, 0.1) is 0 Å². The Morgan fingerprint density at radius 3 is 2.20 bits per heavy atom. The third kappa shape index (κ3) is 4.50. The number of piperazine rings is 1. The molecule has 116 valence electrons. The van der Waals surface area contributed by atoms with Crippen molar-refractivity contribution in [1.82, 2.24) is 10.2 Å². The zero-order valence-electron chi connectivity index (χ0n) is 13.6. The van der Waals surface area contributed by atoms with E-state index in [0.717, 1.165) is 25.7 Å². The highest BCUT2D eigenvalue weighted by molar-refractivity contribution is 5.96. The summed E-state index contributed by atoms with van der Waals surface area (Å²) in [7, 11) is 0. The molecule has 0 spiro atoms. The molecule has 0 aromatic heterocycles. The van der Waals surface area contributed by atoms with E-state index in [2.05, 4.69) is 39.9 Å². The van der Waals surface area contributed by atoms with Gasteiger partial charge in [-0.3, -0.25) is 9.59 Å². The molecule has 0 radical (unpaired) electrons. The van der Waals surface area contributed by atoms with Crippen molar-refractivity contribution in [1.29, 1.82) is 0 Å². The summed E-state index contributed by atoms with van der Waals surface area (Å²) >= 11 is 0. The summed E-state index contributed by atoms with van der Waals surface area (Å²) in [6.45, 7) is 11.2. The van der Waals surface area contributed by atoms with Crippen LogP contribution in [0.3, 0.4) is 0 Å². The Hall–Kier alpha value is -1.06. The van der Waals surface area contributed by atoms with Crippen LogP contribution in [0.5, 0.6) is 0 Å². The van der Waals surface area contributed by atoms with E-state index in [-0.39, 0.29) is 23.9 Å². The Kier molecular flexibility index (Phi) is 6.50. The molecular formula is C16H30N2O2. The fourth-order valence-electron chi connectivity index (χ4n) is 2.73. The van der Waals surface area contributed by atoms with E-state index in [1.54, 1.807) is 0 Å². The van der Waals surface area contributed by atoms with Gasteiger partial charge in [-0.05, 0) is 31.1 Å². The molecule has 2 unspecified atom stereocenters. The van der Waals surface area contributed by atoms with Crippen molar-refractivity contribution < 1.29 is 9.59 Å². The number of unbranched alkanes of at least 4 members (excludes halogenated alkanes) is 1. The second kappa shape index (κ2) is 7.65. The van der Waals surface area contributed by atoms with Crippen LogP contribution in [0, 0.1) is 11.8 Å². The monoisotopic (exact) mass is 282 g/mol. The molecule has 1 N–H and O–H groups in total. The summed E-state index contributed by atoms with van der Waals surface area (Å²) in [6, 6.07) is -0.611. The lowest BCUT2D eigenvalue weighted by molar-refractivity contribution is -0.150. The molecule has 1 rings (SSSR count). The fourth-order valence-corrected chi connectivity index (χ4v) is 2.73. The lowest BCUT2D eigenvalue weighted by Gasteiger charge is -2.40. The number of carbonyl (C=O) groups excluding carboxylic acids is 2. The van der Waals surface area contributed by atoms with Crippen molar-refractivity contribution in [2.75, 3.05) is 6.54 Å². The summed E-state index contributed by atoms with van der Waals surface area (Å²) in [6.07, 6.45) is 3.47. The van der Waals surface area contributed by atoms with Gasteiger partial charge >= 0.3 is 0 Å². The highest BCUT2D eigenvalue weighted by Gasteiger charge is 2.40. The van der Waals surface area contributed by atoms with Gasteiger partial charge < -0.3 is 10.2 Å². The molecule has 0 saturated carbocycles. The molecule has 4 heteroatoms. The van der Waals surface area contributed by atoms with Gasteiger partial charge in [-0.15, -0.1) is 0 Å².